The lowest BCUT2D eigenvalue weighted by Crippen LogP contribution is -2.40. The highest BCUT2D eigenvalue weighted by molar-refractivity contribution is 6.07. The van der Waals surface area contributed by atoms with E-state index in [-0.39, 0.29) is 19.2 Å². The Morgan fingerprint density at radius 2 is 1.90 bits per heavy atom. The molecule has 5 rings (SSSR count). The fourth-order valence-corrected chi connectivity index (χ4v) is 3.56. The molecule has 1 fully saturated rings. The van der Waals surface area contributed by atoms with Gasteiger partial charge in [-0.3, -0.25) is 9.69 Å². The summed E-state index contributed by atoms with van der Waals surface area (Å²) < 4.78 is 21.1. The van der Waals surface area contributed by atoms with E-state index in [1.54, 1.807) is 56.5 Å². The van der Waals surface area contributed by atoms with Gasteiger partial charge in [0.05, 0.1) is 7.11 Å². The van der Waals surface area contributed by atoms with Gasteiger partial charge in [0.15, 0.2) is 11.5 Å². The van der Waals surface area contributed by atoms with Gasteiger partial charge in [-0.1, -0.05) is 11.2 Å². The number of hydrogen-bond acceptors (Lipinski definition) is 8. The third-order valence-corrected chi connectivity index (χ3v) is 5.33. The van der Waals surface area contributed by atoms with Crippen LogP contribution in [0.25, 0.3) is 11.4 Å². The summed E-state index contributed by atoms with van der Waals surface area (Å²) in [6.45, 7) is 1.62. The van der Waals surface area contributed by atoms with E-state index in [4.69, 9.17) is 18.7 Å². The van der Waals surface area contributed by atoms with Gasteiger partial charge < -0.3 is 24.1 Å². The molecule has 0 saturated carbocycles. The number of imide groups is 1. The second-order valence-corrected chi connectivity index (χ2v) is 7.25. The first kappa shape index (κ1) is 18.9. The number of amides is 3. The smallest absolute Gasteiger partial charge is 0.325 e. The van der Waals surface area contributed by atoms with Crippen LogP contribution in [0.15, 0.2) is 47.0 Å². The number of methoxy groups -OCH3 is 1. The first-order chi connectivity index (χ1) is 15.0. The fourth-order valence-electron chi connectivity index (χ4n) is 3.56. The molecule has 3 aromatic rings. The summed E-state index contributed by atoms with van der Waals surface area (Å²) in [6.07, 6.45) is 0. The maximum atomic E-state index is 13.2. The Labute approximate surface area is 176 Å². The summed E-state index contributed by atoms with van der Waals surface area (Å²) >= 11 is 0. The predicted molar refractivity (Wildman–Crippen MR) is 105 cm³/mol. The first-order valence-electron chi connectivity index (χ1n) is 9.49. The van der Waals surface area contributed by atoms with Crippen molar-refractivity contribution >= 4 is 11.9 Å². The first-order valence-corrected chi connectivity index (χ1v) is 9.49. The topological polar surface area (TPSA) is 116 Å². The summed E-state index contributed by atoms with van der Waals surface area (Å²) in [4.78, 5) is 31.1. The molecule has 1 atom stereocenters. The summed E-state index contributed by atoms with van der Waals surface area (Å²) in [7, 11) is 1.58. The van der Waals surface area contributed by atoms with Crippen molar-refractivity contribution in [1.29, 1.82) is 0 Å². The van der Waals surface area contributed by atoms with Gasteiger partial charge in [0.1, 0.15) is 17.8 Å². The lowest BCUT2D eigenvalue weighted by Gasteiger charge is -2.22. The van der Waals surface area contributed by atoms with E-state index >= 15 is 0 Å². The van der Waals surface area contributed by atoms with Crippen LogP contribution in [-0.4, -0.2) is 40.9 Å². The molecule has 2 aliphatic heterocycles. The Balaban J connectivity index is 1.36. The Bertz CT molecular complexity index is 1170. The summed E-state index contributed by atoms with van der Waals surface area (Å²) in [6, 6.07) is 11.7. The Morgan fingerprint density at radius 3 is 2.68 bits per heavy atom. The molecule has 10 nitrogen and oxygen atoms in total. The Hall–Kier alpha value is -4.08. The highest BCUT2D eigenvalue weighted by atomic mass is 16.7. The van der Waals surface area contributed by atoms with E-state index in [1.165, 1.54) is 0 Å². The molecule has 0 spiro atoms. The van der Waals surface area contributed by atoms with E-state index in [2.05, 4.69) is 15.5 Å². The SMILES string of the molecule is COc1ccc(-c2noc(CN3C(=O)NC(C)(c4ccc5c(c4)OCO5)C3=O)n2)cc1. The second-order valence-electron chi connectivity index (χ2n) is 7.25. The number of ether oxygens (including phenoxy) is 3. The van der Waals surface area contributed by atoms with Crippen molar-refractivity contribution in [3.63, 3.8) is 0 Å². The van der Waals surface area contributed by atoms with Crippen LogP contribution < -0.4 is 19.5 Å². The van der Waals surface area contributed by atoms with Crippen LogP contribution in [-0.2, 0) is 16.9 Å². The number of nitrogens with one attached hydrogen (secondary N) is 1. The zero-order chi connectivity index (χ0) is 21.6. The molecule has 1 N–H and O–H groups in total. The Kier molecular flexibility index (Phi) is 4.28. The molecule has 2 aliphatic rings. The molecule has 3 amide bonds. The van der Waals surface area contributed by atoms with E-state index in [9.17, 15) is 9.59 Å². The maximum absolute atomic E-state index is 13.2. The standard InChI is InChI=1S/C21H18N4O6/c1-21(13-5-8-15-16(9-13)30-11-29-15)19(26)25(20(27)23-21)10-17-22-18(24-31-17)12-3-6-14(28-2)7-4-12/h3-9H,10-11H2,1-2H3,(H,23,27). The van der Waals surface area contributed by atoms with Crippen LogP contribution in [0, 0.1) is 0 Å². The molecular formula is C21H18N4O6. The number of fused-ring (bicyclic) bond motifs is 1. The molecule has 10 heteroatoms. The van der Waals surface area contributed by atoms with E-state index in [0.717, 1.165) is 10.5 Å². The van der Waals surface area contributed by atoms with Crippen LogP contribution in [0.4, 0.5) is 4.79 Å². The van der Waals surface area contributed by atoms with Crippen molar-refractivity contribution in [1.82, 2.24) is 20.4 Å². The number of rotatable bonds is 5. The average molecular weight is 422 g/mol. The number of hydrogen-bond donors (Lipinski definition) is 1. The van der Waals surface area contributed by atoms with Crippen molar-refractivity contribution in [2.24, 2.45) is 0 Å². The van der Waals surface area contributed by atoms with Crippen molar-refractivity contribution < 1.29 is 28.3 Å². The molecule has 3 heterocycles. The maximum Gasteiger partial charge on any atom is 0.325 e. The largest absolute Gasteiger partial charge is 0.497 e. The van der Waals surface area contributed by atoms with Crippen LogP contribution in [0.1, 0.15) is 18.4 Å². The number of aromatic nitrogens is 2. The van der Waals surface area contributed by atoms with E-state index in [1.807, 2.05) is 0 Å². The fraction of sp³-hybridized carbons (Fsp3) is 0.238. The van der Waals surface area contributed by atoms with Gasteiger partial charge in [-0.15, -0.1) is 0 Å². The zero-order valence-electron chi connectivity index (χ0n) is 16.7. The third-order valence-electron chi connectivity index (χ3n) is 5.33. The van der Waals surface area contributed by atoms with E-state index in [0.29, 0.717) is 28.6 Å². The summed E-state index contributed by atoms with van der Waals surface area (Å²) in [5.74, 6) is 1.89. The lowest BCUT2D eigenvalue weighted by molar-refractivity contribution is -0.131. The molecule has 1 saturated heterocycles. The molecule has 31 heavy (non-hydrogen) atoms. The number of urea groups is 1. The third kappa shape index (κ3) is 3.12. The summed E-state index contributed by atoms with van der Waals surface area (Å²) in [5.41, 5.74) is 0.0527. The number of nitrogens with zero attached hydrogens (tertiary/aromatic N) is 3. The highest BCUT2D eigenvalue weighted by Gasteiger charge is 2.49. The second kappa shape index (κ2) is 7.01. The van der Waals surface area contributed by atoms with Crippen LogP contribution in [0.2, 0.25) is 0 Å². The zero-order valence-corrected chi connectivity index (χ0v) is 16.7. The number of benzene rings is 2. The highest BCUT2D eigenvalue weighted by Crippen LogP contribution is 2.38. The van der Waals surface area contributed by atoms with Gasteiger partial charge in [-0.05, 0) is 48.9 Å². The van der Waals surface area contributed by atoms with Crippen molar-refractivity contribution in [3.8, 4) is 28.6 Å². The van der Waals surface area contributed by atoms with Crippen LogP contribution in [0.5, 0.6) is 17.2 Å². The van der Waals surface area contributed by atoms with Gasteiger partial charge >= 0.3 is 6.03 Å². The minimum Gasteiger partial charge on any atom is -0.497 e. The average Bonchev–Trinajstić information content (AvgIpc) is 3.49. The minimum atomic E-state index is -1.25. The van der Waals surface area contributed by atoms with Crippen molar-refractivity contribution in [2.45, 2.75) is 19.0 Å². The van der Waals surface area contributed by atoms with Crippen LogP contribution >= 0.6 is 0 Å². The van der Waals surface area contributed by atoms with Gasteiger partial charge in [-0.2, -0.15) is 4.98 Å². The lowest BCUT2D eigenvalue weighted by atomic mass is 9.91. The number of carbonyl (C=O) groups is 2. The molecule has 158 valence electrons. The minimum absolute atomic E-state index is 0.121. The van der Waals surface area contributed by atoms with Gasteiger partial charge in [0, 0.05) is 5.56 Å². The normalized spacial score (nSPS) is 19.6. The summed E-state index contributed by atoms with van der Waals surface area (Å²) in [5, 5.41) is 6.69. The molecule has 1 unspecified atom stereocenters. The van der Waals surface area contributed by atoms with Gasteiger partial charge in [0.2, 0.25) is 18.5 Å². The van der Waals surface area contributed by atoms with Gasteiger partial charge in [-0.25, -0.2) is 4.79 Å². The molecular weight excluding hydrogens is 404 g/mol. The van der Waals surface area contributed by atoms with E-state index < -0.39 is 17.5 Å². The molecule has 2 aromatic carbocycles. The Morgan fingerprint density at radius 1 is 1.13 bits per heavy atom. The predicted octanol–water partition coefficient (Wildman–Crippen LogP) is 2.44. The molecule has 0 radical (unpaired) electrons. The van der Waals surface area contributed by atoms with Gasteiger partial charge in [0.25, 0.3) is 5.91 Å². The van der Waals surface area contributed by atoms with Crippen LogP contribution in [0.3, 0.4) is 0 Å². The quantitative estimate of drug-likeness (QED) is 0.624. The monoisotopic (exact) mass is 422 g/mol. The van der Waals surface area contributed by atoms with Crippen molar-refractivity contribution in [2.75, 3.05) is 13.9 Å². The molecule has 0 bridgehead atoms. The molecule has 0 aliphatic carbocycles. The molecule has 1 aromatic heterocycles. The van der Waals surface area contributed by atoms with Crippen molar-refractivity contribution in [3.05, 3.63) is 53.9 Å². The number of carbonyl (C=O) groups excluding carboxylic acids is 2.